The van der Waals surface area contributed by atoms with Crippen molar-refractivity contribution in [3.05, 3.63) is 77.6 Å². The number of para-hydroxylation sites is 1. The summed E-state index contributed by atoms with van der Waals surface area (Å²) in [6.45, 7) is 2.21. The first-order valence-electron chi connectivity index (χ1n) is 9.21. The summed E-state index contributed by atoms with van der Waals surface area (Å²) < 4.78 is 0. The van der Waals surface area contributed by atoms with Gasteiger partial charge in [0.25, 0.3) is 5.91 Å². The molecule has 0 fully saturated rings. The molecule has 140 valence electrons. The second-order valence-corrected chi connectivity index (χ2v) is 6.75. The fourth-order valence-corrected chi connectivity index (χ4v) is 3.35. The van der Waals surface area contributed by atoms with Crippen molar-refractivity contribution in [1.82, 2.24) is 9.97 Å². The van der Waals surface area contributed by atoms with E-state index in [9.17, 15) is 9.59 Å². The Hall–Kier alpha value is -3.54. The van der Waals surface area contributed by atoms with Gasteiger partial charge in [-0.05, 0) is 43.5 Å². The Labute approximate surface area is 163 Å². The fraction of sp³-hybridized carbons (Fsp3) is 0.182. The van der Waals surface area contributed by atoms with E-state index >= 15 is 0 Å². The van der Waals surface area contributed by atoms with Crippen molar-refractivity contribution >= 4 is 29.0 Å². The number of anilines is 3. The summed E-state index contributed by atoms with van der Waals surface area (Å²) >= 11 is 0. The number of rotatable bonds is 4. The predicted octanol–water partition coefficient (Wildman–Crippen LogP) is 4.02. The number of aromatic nitrogens is 2. The van der Waals surface area contributed by atoms with Gasteiger partial charge >= 0.3 is 0 Å². The molecular weight excluding hydrogens is 352 g/mol. The molecule has 1 aliphatic heterocycles. The molecule has 2 heterocycles. The van der Waals surface area contributed by atoms with Crippen LogP contribution in [0.2, 0.25) is 0 Å². The Morgan fingerprint density at radius 2 is 1.79 bits per heavy atom. The predicted molar refractivity (Wildman–Crippen MR) is 108 cm³/mol. The molecule has 0 saturated carbocycles. The van der Waals surface area contributed by atoms with Crippen molar-refractivity contribution in [1.29, 1.82) is 0 Å². The lowest BCUT2D eigenvalue weighted by Crippen LogP contribution is -2.35. The molecule has 6 nitrogen and oxygen atoms in total. The summed E-state index contributed by atoms with van der Waals surface area (Å²) in [7, 11) is 0. The molecule has 1 N–H and O–H groups in total. The normalized spacial score (nSPS) is 13.0. The number of hydrogen-bond donors (Lipinski definition) is 1. The van der Waals surface area contributed by atoms with Gasteiger partial charge in [-0.15, -0.1) is 0 Å². The van der Waals surface area contributed by atoms with Crippen molar-refractivity contribution in [2.24, 2.45) is 0 Å². The van der Waals surface area contributed by atoms with Crippen LogP contribution in [-0.4, -0.2) is 28.2 Å². The van der Waals surface area contributed by atoms with Crippen LogP contribution in [0, 0.1) is 0 Å². The quantitative estimate of drug-likeness (QED) is 0.700. The molecule has 0 saturated heterocycles. The number of aryl methyl sites for hydroxylation is 1. The summed E-state index contributed by atoms with van der Waals surface area (Å²) in [6.07, 6.45) is 4.99. The number of fused-ring (bicyclic) bond motifs is 1. The molecule has 4 rings (SSSR count). The molecule has 0 bridgehead atoms. The zero-order chi connectivity index (χ0) is 19.5. The highest BCUT2D eigenvalue weighted by molar-refractivity contribution is 6.06. The SMILES string of the molecule is CC(=O)c1cccc(Nc2ncc(C(=O)N3CCCc4ccccc43)cn2)c1. The molecule has 3 aromatic rings. The molecule has 2 aromatic carbocycles. The van der Waals surface area contributed by atoms with Crippen LogP contribution in [0.25, 0.3) is 0 Å². The van der Waals surface area contributed by atoms with Crippen LogP contribution in [0.4, 0.5) is 17.3 Å². The Balaban J connectivity index is 1.52. The fourth-order valence-electron chi connectivity index (χ4n) is 3.35. The Morgan fingerprint density at radius 1 is 1.00 bits per heavy atom. The minimum Gasteiger partial charge on any atom is -0.324 e. The van der Waals surface area contributed by atoms with Gasteiger partial charge in [0.15, 0.2) is 5.78 Å². The monoisotopic (exact) mass is 372 g/mol. The number of nitrogens with one attached hydrogen (secondary N) is 1. The lowest BCUT2D eigenvalue weighted by Gasteiger charge is -2.29. The van der Waals surface area contributed by atoms with Gasteiger partial charge in [0, 0.05) is 35.9 Å². The van der Waals surface area contributed by atoms with E-state index in [0.717, 1.165) is 24.2 Å². The minimum absolute atomic E-state index is 0.00711. The summed E-state index contributed by atoms with van der Waals surface area (Å²) in [6, 6.07) is 15.1. The summed E-state index contributed by atoms with van der Waals surface area (Å²) in [4.78, 5) is 34.8. The molecule has 0 atom stereocenters. The maximum absolute atomic E-state index is 12.9. The summed E-state index contributed by atoms with van der Waals surface area (Å²) in [5, 5.41) is 3.06. The number of ketones is 1. The first-order chi connectivity index (χ1) is 13.6. The molecule has 1 aliphatic rings. The third-order valence-corrected chi connectivity index (χ3v) is 4.78. The summed E-state index contributed by atoms with van der Waals surface area (Å²) in [5.74, 6) is 0.265. The average molecular weight is 372 g/mol. The van der Waals surface area contributed by atoms with Crippen LogP contribution in [0.1, 0.15) is 39.6 Å². The van der Waals surface area contributed by atoms with Gasteiger partial charge in [0.05, 0.1) is 5.56 Å². The molecule has 6 heteroatoms. The third-order valence-electron chi connectivity index (χ3n) is 4.78. The number of carbonyl (C=O) groups is 2. The van der Waals surface area contributed by atoms with Gasteiger partial charge in [0.2, 0.25) is 5.95 Å². The first-order valence-corrected chi connectivity index (χ1v) is 9.21. The van der Waals surface area contributed by atoms with Crippen LogP contribution in [0.5, 0.6) is 0 Å². The van der Waals surface area contributed by atoms with E-state index in [1.807, 2.05) is 24.3 Å². The number of carbonyl (C=O) groups excluding carboxylic acids is 2. The second-order valence-electron chi connectivity index (χ2n) is 6.75. The highest BCUT2D eigenvalue weighted by atomic mass is 16.2. The van der Waals surface area contributed by atoms with Gasteiger partial charge in [-0.1, -0.05) is 30.3 Å². The standard InChI is InChI=1S/C22H20N4O2/c1-15(27)17-7-4-9-19(12-17)25-22-23-13-18(14-24-22)21(28)26-11-5-8-16-6-2-3-10-20(16)26/h2-4,6-7,9-10,12-14H,5,8,11H2,1H3,(H,23,24,25). The van der Waals surface area contributed by atoms with E-state index in [2.05, 4.69) is 21.4 Å². The maximum atomic E-state index is 12.9. The first kappa shape index (κ1) is 17.9. The van der Waals surface area contributed by atoms with Crippen LogP contribution in [0.15, 0.2) is 60.9 Å². The van der Waals surface area contributed by atoms with E-state index < -0.39 is 0 Å². The Bertz CT molecular complexity index is 1030. The van der Waals surface area contributed by atoms with Crippen LogP contribution < -0.4 is 10.2 Å². The largest absolute Gasteiger partial charge is 0.324 e. The lowest BCUT2D eigenvalue weighted by atomic mass is 10.0. The van der Waals surface area contributed by atoms with Crippen molar-refractivity contribution in [3.8, 4) is 0 Å². The lowest BCUT2D eigenvalue weighted by molar-refractivity contribution is 0.0982. The van der Waals surface area contributed by atoms with Gasteiger partial charge < -0.3 is 10.2 Å². The number of Topliss-reactive ketones (excluding diaryl/α,β-unsaturated/α-hetero) is 1. The molecule has 0 radical (unpaired) electrons. The van der Waals surface area contributed by atoms with E-state index in [1.54, 1.807) is 23.1 Å². The zero-order valence-corrected chi connectivity index (χ0v) is 15.6. The van der Waals surface area contributed by atoms with Crippen LogP contribution in [-0.2, 0) is 6.42 Å². The maximum Gasteiger partial charge on any atom is 0.261 e. The summed E-state index contributed by atoms with van der Waals surface area (Å²) in [5.41, 5.74) is 3.92. The van der Waals surface area contributed by atoms with Gasteiger partial charge in [-0.2, -0.15) is 0 Å². The smallest absolute Gasteiger partial charge is 0.261 e. The van der Waals surface area contributed by atoms with Crippen molar-refractivity contribution in [3.63, 3.8) is 0 Å². The molecule has 0 aliphatic carbocycles. The molecule has 1 amide bonds. The van der Waals surface area contributed by atoms with Crippen LogP contribution >= 0.6 is 0 Å². The molecular formula is C22H20N4O2. The Kier molecular flexibility index (Phi) is 4.85. The number of nitrogens with zero attached hydrogens (tertiary/aromatic N) is 3. The second kappa shape index (κ2) is 7.60. The zero-order valence-electron chi connectivity index (χ0n) is 15.6. The van der Waals surface area contributed by atoms with Gasteiger partial charge in [-0.3, -0.25) is 9.59 Å². The number of benzene rings is 2. The Morgan fingerprint density at radius 3 is 2.57 bits per heavy atom. The highest BCUT2D eigenvalue weighted by Crippen LogP contribution is 2.28. The van der Waals surface area contributed by atoms with E-state index in [0.29, 0.717) is 23.6 Å². The topological polar surface area (TPSA) is 75.2 Å². The number of hydrogen-bond acceptors (Lipinski definition) is 5. The van der Waals surface area contributed by atoms with Gasteiger partial charge in [-0.25, -0.2) is 9.97 Å². The number of amides is 1. The van der Waals surface area contributed by atoms with Crippen molar-refractivity contribution in [2.75, 3.05) is 16.8 Å². The highest BCUT2D eigenvalue weighted by Gasteiger charge is 2.23. The van der Waals surface area contributed by atoms with Crippen molar-refractivity contribution < 1.29 is 9.59 Å². The van der Waals surface area contributed by atoms with E-state index in [4.69, 9.17) is 0 Å². The van der Waals surface area contributed by atoms with Gasteiger partial charge in [0.1, 0.15) is 0 Å². The molecule has 28 heavy (non-hydrogen) atoms. The van der Waals surface area contributed by atoms with Crippen molar-refractivity contribution in [2.45, 2.75) is 19.8 Å². The van der Waals surface area contributed by atoms with E-state index in [1.165, 1.54) is 24.9 Å². The minimum atomic E-state index is -0.0997. The average Bonchev–Trinajstić information content (AvgIpc) is 2.73. The third kappa shape index (κ3) is 3.62. The molecule has 0 spiro atoms. The van der Waals surface area contributed by atoms with Crippen LogP contribution in [0.3, 0.4) is 0 Å². The molecule has 1 aromatic heterocycles. The molecule has 0 unspecified atom stereocenters. The van der Waals surface area contributed by atoms with E-state index in [-0.39, 0.29) is 11.7 Å².